The molecule has 0 spiro atoms. The molecule has 0 aliphatic rings. The molecule has 0 bridgehead atoms. The number of aromatic nitrogens is 1. The Morgan fingerprint density at radius 1 is 1.32 bits per heavy atom. The van der Waals surface area contributed by atoms with E-state index in [-0.39, 0.29) is 6.10 Å². The van der Waals surface area contributed by atoms with Crippen LogP contribution in [-0.2, 0) is 17.7 Å². The first-order valence-electron chi connectivity index (χ1n) is 7.00. The number of methoxy groups -OCH3 is 1. The van der Waals surface area contributed by atoms with Crippen LogP contribution in [0.2, 0.25) is 0 Å². The summed E-state index contributed by atoms with van der Waals surface area (Å²) >= 11 is 0. The minimum atomic E-state index is 0.237. The molecule has 19 heavy (non-hydrogen) atoms. The topological polar surface area (TPSA) is 26.2 Å². The van der Waals surface area contributed by atoms with Gasteiger partial charge in [0.15, 0.2) is 0 Å². The number of aryl methyl sites for hydroxylation is 1. The maximum Gasteiger partial charge on any atom is 0.0722 e. The van der Waals surface area contributed by atoms with Gasteiger partial charge in [-0.05, 0) is 45.0 Å². The molecule has 0 amide bonds. The van der Waals surface area contributed by atoms with Crippen molar-refractivity contribution in [2.24, 2.45) is 0 Å². The number of hydrogen-bond acceptors (Lipinski definition) is 2. The lowest BCUT2D eigenvalue weighted by Crippen LogP contribution is -2.13. The molecule has 0 aliphatic heterocycles. The molecule has 2 rings (SSSR count). The number of nitrogens with one attached hydrogen (secondary N) is 1. The molecule has 3 heteroatoms. The van der Waals surface area contributed by atoms with E-state index in [2.05, 4.69) is 47.3 Å². The molecule has 0 aliphatic carbocycles. The van der Waals surface area contributed by atoms with E-state index in [1.54, 1.807) is 7.11 Å². The monoisotopic (exact) mass is 260 g/mol. The molecular formula is C16H24N2O. The molecule has 0 saturated carbocycles. The SMILES string of the molecule is CNCCCc1cn(CC(C)OC)c2ccccc12. The van der Waals surface area contributed by atoms with Crippen molar-refractivity contribution in [3.63, 3.8) is 0 Å². The first kappa shape index (κ1) is 14.1. The number of para-hydroxylation sites is 1. The molecule has 1 atom stereocenters. The number of rotatable bonds is 7. The van der Waals surface area contributed by atoms with Crippen molar-refractivity contribution in [3.05, 3.63) is 36.0 Å². The first-order chi connectivity index (χ1) is 9.26. The molecule has 1 aromatic carbocycles. The highest BCUT2D eigenvalue weighted by Gasteiger charge is 2.09. The second-order valence-electron chi connectivity index (χ2n) is 5.08. The Bertz CT molecular complexity index is 518. The fourth-order valence-electron chi connectivity index (χ4n) is 2.48. The van der Waals surface area contributed by atoms with Crippen LogP contribution in [-0.4, -0.2) is 31.4 Å². The van der Waals surface area contributed by atoms with Gasteiger partial charge in [0.2, 0.25) is 0 Å². The van der Waals surface area contributed by atoms with Gasteiger partial charge < -0.3 is 14.6 Å². The Morgan fingerprint density at radius 2 is 2.11 bits per heavy atom. The van der Waals surface area contributed by atoms with Gasteiger partial charge in [-0.1, -0.05) is 18.2 Å². The van der Waals surface area contributed by atoms with Gasteiger partial charge >= 0.3 is 0 Å². The van der Waals surface area contributed by atoms with E-state index in [0.29, 0.717) is 0 Å². The highest BCUT2D eigenvalue weighted by Crippen LogP contribution is 2.23. The number of fused-ring (bicyclic) bond motifs is 1. The lowest BCUT2D eigenvalue weighted by molar-refractivity contribution is 0.104. The number of ether oxygens (including phenoxy) is 1. The summed E-state index contributed by atoms with van der Waals surface area (Å²) in [5.74, 6) is 0. The minimum Gasteiger partial charge on any atom is -0.380 e. The molecule has 104 valence electrons. The van der Waals surface area contributed by atoms with Crippen molar-refractivity contribution < 1.29 is 4.74 Å². The second kappa shape index (κ2) is 6.73. The largest absolute Gasteiger partial charge is 0.380 e. The zero-order chi connectivity index (χ0) is 13.7. The predicted octanol–water partition coefficient (Wildman–Crippen LogP) is 2.83. The number of hydrogen-bond donors (Lipinski definition) is 1. The Kier molecular flexibility index (Phi) is 5.00. The molecule has 1 aromatic heterocycles. The summed E-state index contributed by atoms with van der Waals surface area (Å²) in [5, 5.41) is 4.58. The normalized spacial score (nSPS) is 13.0. The van der Waals surface area contributed by atoms with E-state index in [4.69, 9.17) is 4.74 Å². The average Bonchev–Trinajstić information content (AvgIpc) is 2.78. The highest BCUT2D eigenvalue weighted by atomic mass is 16.5. The van der Waals surface area contributed by atoms with Crippen LogP contribution < -0.4 is 5.32 Å². The van der Waals surface area contributed by atoms with Crippen molar-refractivity contribution >= 4 is 10.9 Å². The van der Waals surface area contributed by atoms with Crippen LogP contribution >= 0.6 is 0 Å². The average molecular weight is 260 g/mol. The summed E-state index contributed by atoms with van der Waals surface area (Å²) in [7, 11) is 3.77. The standard InChI is InChI=1S/C16H24N2O/c1-13(19-3)11-18-12-14(7-6-10-17-2)15-8-4-5-9-16(15)18/h4-5,8-9,12-13,17H,6-7,10-11H2,1-3H3. The number of nitrogens with zero attached hydrogens (tertiary/aromatic N) is 1. The minimum absolute atomic E-state index is 0.237. The van der Waals surface area contributed by atoms with Crippen molar-refractivity contribution in [2.45, 2.75) is 32.4 Å². The van der Waals surface area contributed by atoms with E-state index in [1.165, 1.54) is 22.9 Å². The van der Waals surface area contributed by atoms with Crippen LogP contribution in [0.3, 0.4) is 0 Å². The van der Waals surface area contributed by atoms with Gasteiger partial charge in [0.1, 0.15) is 0 Å². The van der Waals surface area contributed by atoms with Crippen molar-refractivity contribution in [3.8, 4) is 0 Å². The third kappa shape index (κ3) is 3.37. The van der Waals surface area contributed by atoms with E-state index in [1.807, 2.05) is 7.05 Å². The van der Waals surface area contributed by atoms with Crippen LogP contribution in [0.5, 0.6) is 0 Å². The summed E-state index contributed by atoms with van der Waals surface area (Å²) in [4.78, 5) is 0. The zero-order valence-corrected chi connectivity index (χ0v) is 12.1. The first-order valence-corrected chi connectivity index (χ1v) is 7.00. The lowest BCUT2D eigenvalue weighted by atomic mass is 10.1. The lowest BCUT2D eigenvalue weighted by Gasteiger charge is -2.11. The Morgan fingerprint density at radius 3 is 2.84 bits per heavy atom. The van der Waals surface area contributed by atoms with Gasteiger partial charge in [0.05, 0.1) is 6.10 Å². The maximum atomic E-state index is 5.38. The van der Waals surface area contributed by atoms with Crippen LogP contribution in [0.15, 0.2) is 30.5 Å². The summed E-state index contributed by atoms with van der Waals surface area (Å²) in [6.45, 7) is 4.08. The molecule has 3 nitrogen and oxygen atoms in total. The van der Waals surface area contributed by atoms with Crippen LogP contribution in [0.4, 0.5) is 0 Å². The van der Waals surface area contributed by atoms with E-state index >= 15 is 0 Å². The predicted molar refractivity (Wildman–Crippen MR) is 80.7 cm³/mol. The molecule has 0 radical (unpaired) electrons. The van der Waals surface area contributed by atoms with Gasteiger partial charge in [-0.2, -0.15) is 0 Å². The van der Waals surface area contributed by atoms with Gasteiger partial charge in [-0.3, -0.25) is 0 Å². The second-order valence-corrected chi connectivity index (χ2v) is 5.08. The molecule has 1 heterocycles. The zero-order valence-electron chi connectivity index (χ0n) is 12.1. The van der Waals surface area contributed by atoms with Crippen molar-refractivity contribution in [1.82, 2.24) is 9.88 Å². The molecule has 1 unspecified atom stereocenters. The fourth-order valence-corrected chi connectivity index (χ4v) is 2.48. The van der Waals surface area contributed by atoms with E-state index in [9.17, 15) is 0 Å². The van der Waals surface area contributed by atoms with E-state index < -0.39 is 0 Å². The van der Waals surface area contributed by atoms with Crippen molar-refractivity contribution in [1.29, 1.82) is 0 Å². The Hall–Kier alpha value is -1.32. The molecule has 0 saturated heterocycles. The third-order valence-electron chi connectivity index (χ3n) is 3.60. The third-order valence-corrected chi connectivity index (χ3v) is 3.60. The fraction of sp³-hybridized carbons (Fsp3) is 0.500. The summed E-state index contributed by atoms with van der Waals surface area (Å²) in [6.07, 6.45) is 4.82. The molecule has 2 aromatic rings. The number of benzene rings is 1. The van der Waals surface area contributed by atoms with Gasteiger partial charge in [-0.25, -0.2) is 0 Å². The van der Waals surface area contributed by atoms with Gasteiger partial charge in [0.25, 0.3) is 0 Å². The van der Waals surface area contributed by atoms with Gasteiger partial charge in [0, 0.05) is 30.8 Å². The Balaban J connectivity index is 2.26. The Labute approximate surface area is 115 Å². The summed E-state index contributed by atoms with van der Waals surface area (Å²) in [6, 6.07) is 8.64. The summed E-state index contributed by atoms with van der Waals surface area (Å²) < 4.78 is 7.70. The quantitative estimate of drug-likeness (QED) is 0.775. The van der Waals surface area contributed by atoms with Crippen LogP contribution in [0.25, 0.3) is 10.9 Å². The smallest absolute Gasteiger partial charge is 0.0722 e. The van der Waals surface area contributed by atoms with Crippen molar-refractivity contribution in [2.75, 3.05) is 20.7 Å². The van der Waals surface area contributed by atoms with Crippen LogP contribution in [0.1, 0.15) is 18.9 Å². The molecule has 1 N–H and O–H groups in total. The molecule has 0 fully saturated rings. The van der Waals surface area contributed by atoms with E-state index in [0.717, 1.165) is 19.5 Å². The van der Waals surface area contributed by atoms with Gasteiger partial charge in [-0.15, -0.1) is 0 Å². The molecular weight excluding hydrogens is 236 g/mol. The summed E-state index contributed by atoms with van der Waals surface area (Å²) in [5.41, 5.74) is 2.75. The van der Waals surface area contributed by atoms with Crippen LogP contribution in [0, 0.1) is 0 Å². The maximum absolute atomic E-state index is 5.38. The highest BCUT2D eigenvalue weighted by molar-refractivity contribution is 5.84.